The second-order valence-electron chi connectivity index (χ2n) is 7.07. The van der Waals surface area contributed by atoms with E-state index in [-0.39, 0.29) is 18.0 Å². The van der Waals surface area contributed by atoms with Gasteiger partial charge in [-0.25, -0.2) is 4.68 Å². The van der Waals surface area contributed by atoms with Crippen molar-refractivity contribution in [3.63, 3.8) is 0 Å². The largest absolute Gasteiger partial charge is 0.319 e. The van der Waals surface area contributed by atoms with Gasteiger partial charge in [-0.2, -0.15) is 5.10 Å². The Balaban J connectivity index is 1.74. The first kappa shape index (κ1) is 19.6. The SMILES string of the molecule is Cc1nn(C)cc1CN(C)CC(=O)Nc1c(C)n(C)n(-c2ccccc2)c1=O. The summed E-state index contributed by atoms with van der Waals surface area (Å²) < 4.78 is 5.06. The van der Waals surface area contributed by atoms with Crippen LogP contribution in [-0.2, 0) is 25.4 Å². The molecule has 148 valence electrons. The summed E-state index contributed by atoms with van der Waals surface area (Å²) in [6, 6.07) is 9.36. The van der Waals surface area contributed by atoms with E-state index in [0.29, 0.717) is 17.9 Å². The van der Waals surface area contributed by atoms with Crippen LogP contribution in [0.2, 0.25) is 0 Å². The van der Waals surface area contributed by atoms with Crippen LogP contribution >= 0.6 is 0 Å². The molecule has 28 heavy (non-hydrogen) atoms. The second-order valence-corrected chi connectivity index (χ2v) is 7.07. The van der Waals surface area contributed by atoms with Crippen molar-refractivity contribution in [2.45, 2.75) is 20.4 Å². The third-order valence-electron chi connectivity index (χ3n) is 4.79. The Bertz CT molecular complexity index is 1040. The zero-order valence-electron chi connectivity index (χ0n) is 16.9. The first-order valence-corrected chi connectivity index (χ1v) is 9.09. The van der Waals surface area contributed by atoms with Crippen molar-refractivity contribution in [2.24, 2.45) is 14.1 Å². The van der Waals surface area contributed by atoms with Crippen molar-refractivity contribution in [2.75, 3.05) is 18.9 Å². The zero-order valence-corrected chi connectivity index (χ0v) is 16.9. The molecule has 8 nitrogen and oxygen atoms in total. The van der Waals surface area contributed by atoms with E-state index < -0.39 is 0 Å². The summed E-state index contributed by atoms with van der Waals surface area (Å²) in [5.41, 5.74) is 3.53. The minimum Gasteiger partial charge on any atom is -0.319 e. The van der Waals surface area contributed by atoms with Crippen molar-refractivity contribution < 1.29 is 4.79 Å². The van der Waals surface area contributed by atoms with Gasteiger partial charge in [0.25, 0.3) is 5.56 Å². The lowest BCUT2D eigenvalue weighted by Crippen LogP contribution is -2.31. The number of carbonyl (C=O) groups excluding carboxylic acids is 1. The van der Waals surface area contributed by atoms with Gasteiger partial charge in [0.1, 0.15) is 5.69 Å². The highest BCUT2D eigenvalue weighted by molar-refractivity contribution is 5.92. The number of aromatic nitrogens is 4. The summed E-state index contributed by atoms with van der Waals surface area (Å²) in [5.74, 6) is -0.227. The van der Waals surface area contributed by atoms with Crippen molar-refractivity contribution in [3.05, 3.63) is 63.8 Å². The number of rotatable bonds is 6. The molecule has 0 aliphatic heterocycles. The molecule has 1 amide bonds. The molecule has 0 saturated carbocycles. The summed E-state index contributed by atoms with van der Waals surface area (Å²) in [6.45, 7) is 4.55. The number of hydrogen-bond donors (Lipinski definition) is 1. The minimum atomic E-state index is -0.245. The van der Waals surface area contributed by atoms with E-state index in [0.717, 1.165) is 16.9 Å². The maximum absolute atomic E-state index is 12.9. The monoisotopic (exact) mass is 382 g/mol. The molecular weight excluding hydrogens is 356 g/mol. The van der Waals surface area contributed by atoms with Crippen LogP contribution in [0.25, 0.3) is 5.69 Å². The third kappa shape index (κ3) is 3.91. The second kappa shape index (κ2) is 7.85. The minimum absolute atomic E-state index is 0.174. The first-order valence-electron chi connectivity index (χ1n) is 9.09. The van der Waals surface area contributed by atoms with Crippen LogP contribution in [0, 0.1) is 13.8 Å². The molecule has 0 atom stereocenters. The molecule has 3 rings (SSSR count). The van der Waals surface area contributed by atoms with E-state index in [4.69, 9.17) is 0 Å². The normalized spacial score (nSPS) is 11.2. The van der Waals surface area contributed by atoms with Crippen LogP contribution in [0.1, 0.15) is 17.0 Å². The van der Waals surface area contributed by atoms with Gasteiger partial charge in [0.15, 0.2) is 0 Å². The number of amides is 1. The highest BCUT2D eigenvalue weighted by Crippen LogP contribution is 2.14. The fraction of sp³-hybridized carbons (Fsp3) is 0.350. The molecule has 8 heteroatoms. The smallest absolute Gasteiger partial charge is 0.295 e. The maximum Gasteiger partial charge on any atom is 0.295 e. The Morgan fingerprint density at radius 3 is 2.46 bits per heavy atom. The summed E-state index contributed by atoms with van der Waals surface area (Å²) in [6.07, 6.45) is 1.95. The number of benzene rings is 1. The van der Waals surface area contributed by atoms with E-state index >= 15 is 0 Å². The maximum atomic E-state index is 12.9. The molecule has 0 unspecified atom stereocenters. The van der Waals surface area contributed by atoms with Crippen LogP contribution < -0.4 is 10.9 Å². The molecule has 2 aromatic heterocycles. The van der Waals surface area contributed by atoms with E-state index in [9.17, 15) is 9.59 Å². The number of hydrogen-bond acceptors (Lipinski definition) is 4. The Labute approximate surface area is 164 Å². The molecule has 0 bridgehead atoms. The lowest BCUT2D eigenvalue weighted by molar-refractivity contribution is -0.117. The van der Waals surface area contributed by atoms with Crippen molar-refractivity contribution in [3.8, 4) is 5.69 Å². The van der Waals surface area contributed by atoms with Crippen molar-refractivity contribution in [1.82, 2.24) is 24.0 Å². The molecule has 1 N–H and O–H groups in total. The van der Waals surface area contributed by atoms with Crippen LogP contribution in [0.3, 0.4) is 0 Å². The predicted molar refractivity (Wildman–Crippen MR) is 109 cm³/mol. The van der Waals surface area contributed by atoms with E-state index in [2.05, 4.69) is 10.4 Å². The Morgan fingerprint density at radius 1 is 1.18 bits per heavy atom. The summed E-state index contributed by atoms with van der Waals surface area (Å²) in [5, 5.41) is 7.11. The zero-order chi connectivity index (χ0) is 20.4. The van der Waals surface area contributed by atoms with E-state index in [1.807, 2.05) is 69.4 Å². The average molecular weight is 382 g/mol. The fourth-order valence-corrected chi connectivity index (χ4v) is 3.29. The number of anilines is 1. The number of para-hydroxylation sites is 1. The molecule has 0 fully saturated rings. The number of carbonyl (C=O) groups is 1. The topological polar surface area (TPSA) is 77.1 Å². The van der Waals surface area contributed by atoms with Crippen LogP contribution in [0.5, 0.6) is 0 Å². The molecule has 3 aromatic rings. The van der Waals surface area contributed by atoms with Gasteiger partial charge >= 0.3 is 0 Å². The molecule has 0 spiro atoms. The average Bonchev–Trinajstić information content (AvgIpc) is 3.06. The number of likely N-dealkylation sites (N-methyl/N-ethyl adjacent to an activating group) is 1. The molecule has 0 radical (unpaired) electrons. The Hall–Kier alpha value is -3.13. The van der Waals surface area contributed by atoms with Gasteiger partial charge in [-0.3, -0.25) is 23.9 Å². The first-order chi connectivity index (χ1) is 13.3. The van der Waals surface area contributed by atoms with Crippen molar-refractivity contribution >= 4 is 11.6 Å². The number of aryl methyl sites for hydroxylation is 2. The quantitative estimate of drug-likeness (QED) is 0.703. The van der Waals surface area contributed by atoms with Crippen LogP contribution in [0.15, 0.2) is 41.3 Å². The molecule has 0 aliphatic carbocycles. The summed E-state index contributed by atoms with van der Waals surface area (Å²) in [4.78, 5) is 27.3. The van der Waals surface area contributed by atoms with Crippen LogP contribution in [0.4, 0.5) is 5.69 Å². The molecular formula is C20H26N6O2. The molecule has 0 saturated heterocycles. The van der Waals surface area contributed by atoms with Gasteiger partial charge in [-0.1, -0.05) is 18.2 Å². The summed E-state index contributed by atoms with van der Waals surface area (Å²) in [7, 11) is 5.54. The Morgan fingerprint density at radius 2 is 1.86 bits per heavy atom. The van der Waals surface area contributed by atoms with E-state index in [1.165, 1.54) is 0 Å². The Kier molecular flexibility index (Phi) is 5.51. The van der Waals surface area contributed by atoms with Gasteiger partial charge in [0, 0.05) is 32.4 Å². The van der Waals surface area contributed by atoms with E-state index in [1.54, 1.807) is 21.1 Å². The molecule has 2 heterocycles. The third-order valence-corrected chi connectivity index (χ3v) is 4.79. The van der Waals surface area contributed by atoms with Gasteiger partial charge in [-0.05, 0) is 33.0 Å². The number of nitrogens with zero attached hydrogens (tertiary/aromatic N) is 5. The predicted octanol–water partition coefficient (Wildman–Crippen LogP) is 1.60. The molecule has 0 aliphatic rings. The highest BCUT2D eigenvalue weighted by Gasteiger charge is 2.19. The fourth-order valence-electron chi connectivity index (χ4n) is 3.29. The lowest BCUT2D eigenvalue weighted by atomic mass is 10.2. The van der Waals surface area contributed by atoms with Gasteiger partial charge < -0.3 is 5.32 Å². The van der Waals surface area contributed by atoms with Crippen LogP contribution in [-0.4, -0.2) is 43.5 Å². The van der Waals surface area contributed by atoms with Gasteiger partial charge in [-0.15, -0.1) is 0 Å². The lowest BCUT2D eigenvalue weighted by Gasteiger charge is -2.15. The summed E-state index contributed by atoms with van der Waals surface area (Å²) >= 11 is 0. The van der Waals surface area contributed by atoms with Gasteiger partial charge in [0.2, 0.25) is 5.91 Å². The standard InChI is InChI=1S/C20H26N6O2/c1-14-16(12-24(4)22-14)11-23(3)13-18(27)21-19-15(2)25(5)26(20(19)28)17-9-7-6-8-10-17/h6-10,12H,11,13H2,1-5H3,(H,21,27). The highest BCUT2D eigenvalue weighted by atomic mass is 16.2. The van der Waals surface area contributed by atoms with Gasteiger partial charge in [0.05, 0.1) is 23.6 Å². The molecule has 1 aromatic carbocycles. The number of nitrogens with one attached hydrogen (secondary N) is 1. The van der Waals surface area contributed by atoms with Crippen molar-refractivity contribution in [1.29, 1.82) is 0 Å².